The second-order valence-corrected chi connectivity index (χ2v) is 3.10. The van der Waals surface area contributed by atoms with Gasteiger partial charge in [-0.2, -0.15) is 0 Å². The lowest BCUT2D eigenvalue weighted by molar-refractivity contribution is 0.921. The predicted molar refractivity (Wildman–Crippen MR) is 49.8 cm³/mol. The highest BCUT2D eigenvalue weighted by Gasteiger charge is 2.04. The molecule has 0 aliphatic heterocycles. The molecule has 0 radical (unpaired) electrons. The number of rotatable bonds is 2. The zero-order chi connectivity index (χ0) is 9.14. The molecule has 0 aromatic carbocycles. The summed E-state index contributed by atoms with van der Waals surface area (Å²) >= 11 is 11.3. The van der Waals surface area contributed by atoms with Gasteiger partial charge in [-0.3, -0.25) is 4.79 Å². The largest absolute Gasteiger partial charge is 0.348 e. The molecule has 0 saturated heterocycles. The standard InChI is InChI=1S/C7H8Cl2N2O/c8-6-3-5(12)7(9)4(11-6)1-2-10/h3H,1-2,10H2,(H,11,12). The molecule has 0 saturated carbocycles. The van der Waals surface area contributed by atoms with Gasteiger partial charge in [0.2, 0.25) is 5.43 Å². The van der Waals surface area contributed by atoms with Gasteiger partial charge in [-0.05, 0) is 6.54 Å². The van der Waals surface area contributed by atoms with E-state index in [1.54, 1.807) is 0 Å². The van der Waals surface area contributed by atoms with E-state index in [0.717, 1.165) is 0 Å². The topological polar surface area (TPSA) is 58.9 Å². The Kier molecular flexibility index (Phi) is 3.14. The van der Waals surface area contributed by atoms with Crippen molar-refractivity contribution in [1.29, 1.82) is 0 Å². The minimum atomic E-state index is -0.274. The Labute approximate surface area is 79.5 Å². The molecule has 66 valence electrons. The van der Waals surface area contributed by atoms with Crippen LogP contribution in [0.4, 0.5) is 0 Å². The summed E-state index contributed by atoms with van der Waals surface area (Å²) in [7, 11) is 0. The Balaban J connectivity index is 3.18. The van der Waals surface area contributed by atoms with Gasteiger partial charge in [0.05, 0.1) is 0 Å². The molecular weight excluding hydrogens is 199 g/mol. The number of aromatic nitrogens is 1. The Hall–Kier alpha value is -0.510. The molecule has 1 heterocycles. The smallest absolute Gasteiger partial charge is 0.201 e. The normalized spacial score (nSPS) is 10.2. The fraction of sp³-hybridized carbons (Fsp3) is 0.286. The van der Waals surface area contributed by atoms with E-state index in [4.69, 9.17) is 28.9 Å². The van der Waals surface area contributed by atoms with Crippen molar-refractivity contribution in [1.82, 2.24) is 4.98 Å². The first kappa shape index (κ1) is 9.58. The summed E-state index contributed by atoms with van der Waals surface area (Å²) in [6, 6.07) is 1.24. The zero-order valence-electron chi connectivity index (χ0n) is 6.23. The molecule has 0 unspecified atom stereocenters. The van der Waals surface area contributed by atoms with Crippen molar-refractivity contribution in [2.45, 2.75) is 6.42 Å². The fourth-order valence-electron chi connectivity index (χ4n) is 0.879. The zero-order valence-corrected chi connectivity index (χ0v) is 7.74. The van der Waals surface area contributed by atoms with E-state index in [9.17, 15) is 4.79 Å². The van der Waals surface area contributed by atoms with Gasteiger partial charge in [0, 0.05) is 18.2 Å². The molecule has 0 atom stereocenters. The van der Waals surface area contributed by atoms with Gasteiger partial charge < -0.3 is 10.7 Å². The van der Waals surface area contributed by atoms with Crippen LogP contribution >= 0.6 is 23.2 Å². The van der Waals surface area contributed by atoms with Gasteiger partial charge in [0.25, 0.3) is 0 Å². The summed E-state index contributed by atoms with van der Waals surface area (Å²) in [4.78, 5) is 13.8. The van der Waals surface area contributed by atoms with Crippen molar-refractivity contribution in [2.75, 3.05) is 6.54 Å². The second-order valence-electron chi connectivity index (χ2n) is 2.31. The Morgan fingerprint density at radius 1 is 1.50 bits per heavy atom. The van der Waals surface area contributed by atoms with Crippen LogP contribution in [0, 0.1) is 0 Å². The van der Waals surface area contributed by atoms with Crippen LogP contribution in [-0.4, -0.2) is 11.5 Å². The maximum atomic E-state index is 11.1. The van der Waals surface area contributed by atoms with Crippen molar-refractivity contribution in [3.8, 4) is 0 Å². The summed E-state index contributed by atoms with van der Waals surface area (Å²) in [6.45, 7) is 0.427. The lowest BCUT2D eigenvalue weighted by Crippen LogP contribution is -2.11. The lowest BCUT2D eigenvalue weighted by atomic mass is 10.3. The molecule has 12 heavy (non-hydrogen) atoms. The predicted octanol–water partition coefficient (Wildman–Crippen LogP) is 1.18. The molecule has 0 spiro atoms. The number of hydrogen-bond acceptors (Lipinski definition) is 2. The molecule has 0 bridgehead atoms. The molecule has 1 aromatic rings. The molecule has 1 aromatic heterocycles. The highest BCUT2D eigenvalue weighted by molar-refractivity contribution is 6.32. The van der Waals surface area contributed by atoms with E-state index in [0.29, 0.717) is 18.7 Å². The van der Waals surface area contributed by atoms with Crippen LogP contribution in [0.25, 0.3) is 0 Å². The monoisotopic (exact) mass is 206 g/mol. The van der Waals surface area contributed by atoms with E-state index in [1.165, 1.54) is 6.07 Å². The van der Waals surface area contributed by atoms with Crippen LogP contribution in [0.2, 0.25) is 10.2 Å². The highest BCUT2D eigenvalue weighted by Crippen LogP contribution is 2.11. The number of hydrogen-bond donors (Lipinski definition) is 2. The first-order chi connectivity index (χ1) is 5.65. The van der Waals surface area contributed by atoms with Crippen LogP contribution in [-0.2, 0) is 6.42 Å². The molecule has 0 fully saturated rings. The van der Waals surface area contributed by atoms with Gasteiger partial charge in [-0.15, -0.1) is 0 Å². The number of pyridine rings is 1. The van der Waals surface area contributed by atoms with Crippen LogP contribution < -0.4 is 11.2 Å². The Morgan fingerprint density at radius 2 is 2.17 bits per heavy atom. The average molecular weight is 207 g/mol. The minimum absolute atomic E-state index is 0.171. The summed E-state index contributed by atoms with van der Waals surface area (Å²) in [6.07, 6.45) is 0.522. The molecule has 1 rings (SSSR count). The van der Waals surface area contributed by atoms with E-state index < -0.39 is 0 Å². The third kappa shape index (κ3) is 2.00. The van der Waals surface area contributed by atoms with Crippen LogP contribution in [0.5, 0.6) is 0 Å². The number of nitrogens with two attached hydrogens (primary N) is 1. The summed E-state index contributed by atoms with van der Waals surface area (Å²) in [5.41, 5.74) is 5.63. The molecule has 0 aliphatic carbocycles. The lowest BCUT2D eigenvalue weighted by Gasteiger charge is -2.01. The van der Waals surface area contributed by atoms with Gasteiger partial charge in [0.15, 0.2) is 0 Å². The summed E-state index contributed by atoms with van der Waals surface area (Å²) in [5, 5.41) is 0.456. The maximum absolute atomic E-state index is 11.1. The number of halogens is 2. The molecule has 0 aliphatic rings. The van der Waals surface area contributed by atoms with E-state index in [-0.39, 0.29) is 15.6 Å². The molecule has 3 N–H and O–H groups in total. The summed E-state index contributed by atoms with van der Waals surface area (Å²) in [5.74, 6) is 0. The van der Waals surface area contributed by atoms with Crippen molar-refractivity contribution in [3.05, 3.63) is 32.2 Å². The van der Waals surface area contributed by atoms with Crippen molar-refractivity contribution < 1.29 is 0 Å². The second kappa shape index (κ2) is 3.94. The fourth-order valence-corrected chi connectivity index (χ4v) is 1.29. The van der Waals surface area contributed by atoms with Gasteiger partial charge in [0.1, 0.15) is 10.2 Å². The average Bonchev–Trinajstić information content (AvgIpc) is 2.00. The molecule has 5 heteroatoms. The Morgan fingerprint density at radius 3 is 2.75 bits per heavy atom. The van der Waals surface area contributed by atoms with Crippen molar-refractivity contribution in [3.63, 3.8) is 0 Å². The van der Waals surface area contributed by atoms with E-state index in [1.807, 2.05) is 0 Å². The third-order valence-corrected chi connectivity index (χ3v) is 2.02. The van der Waals surface area contributed by atoms with Crippen molar-refractivity contribution >= 4 is 23.2 Å². The number of H-pyrrole nitrogens is 1. The highest BCUT2D eigenvalue weighted by atomic mass is 35.5. The van der Waals surface area contributed by atoms with Gasteiger partial charge in [-0.1, -0.05) is 23.2 Å². The number of aromatic amines is 1. The first-order valence-corrected chi connectivity index (χ1v) is 4.18. The van der Waals surface area contributed by atoms with E-state index in [2.05, 4.69) is 4.98 Å². The first-order valence-electron chi connectivity index (χ1n) is 3.42. The molecule has 3 nitrogen and oxygen atoms in total. The quantitative estimate of drug-likeness (QED) is 0.715. The van der Waals surface area contributed by atoms with Crippen molar-refractivity contribution in [2.24, 2.45) is 5.73 Å². The molecule has 0 amide bonds. The number of nitrogens with one attached hydrogen (secondary N) is 1. The third-order valence-electron chi connectivity index (χ3n) is 1.40. The Bertz CT molecular complexity index is 335. The maximum Gasteiger partial charge on any atom is 0.201 e. The van der Waals surface area contributed by atoms with Gasteiger partial charge in [-0.25, -0.2) is 0 Å². The van der Waals surface area contributed by atoms with Crippen LogP contribution in [0.15, 0.2) is 10.9 Å². The van der Waals surface area contributed by atoms with Crippen LogP contribution in [0.1, 0.15) is 5.69 Å². The SMILES string of the molecule is NCCc1[nH]c(Cl)cc(=O)c1Cl. The minimum Gasteiger partial charge on any atom is -0.348 e. The van der Waals surface area contributed by atoms with E-state index >= 15 is 0 Å². The molecular formula is C7H8Cl2N2O. The van der Waals surface area contributed by atoms with Gasteiger partial charge >= 0.3 is 0 Å². The summed E-state index contributed by atoms with van der Waals surface area (Å²) < 4.78 is 0. The van der Waals surface area contributed by atoms with Crippen LogP contribution in [0.3, 0.4) is 0 Å².